The first-order chi connectivity index (χ1) is 8.79. The molecular formula is C9H7ClF3N5O. The van der Waals surface area contributed by atoms with Gasteiger partial charge in [-0.15, -0.1) is 5.10 Å². The number of rotatable bonds is 2. The summed E-state index contributed by atoms with van der Waals surface area (Å²) in [5, 5.41) is 9.94. The van der Waals surface area contributed by atoms with Crippen molar-refractivity contribution in [1.29, 1.82) is 0 Å². The molecule has 0 unspecified atom stereocenters. The summed E-state index contributed by atoms with van der Waals surface area (Å²) in [5.74, 6) is 0.234. The van der Waals surface area contributed by atoms with E-state index in [1.807, 2.05) is 0 Å². The molecule has 10 heteroatoms. The van der Waals surface area contributed by atoms with Crippen molar-refractivity contribution in [3.63, 3.8) is 0 Å². The third kappa shape index (κ3) is 2.75. The number of hydrogen-bond acceptors (Lipinski definition) is 4. The van der Waals surface area contributed by atoms with Gasteiger partial charge in [0.2, 0.25) is 0 Å². The second-order valence-corrected chi connectivity index (χ2v) is 4.13. The van der Waals surface area contributed by atoms with E-state index in [9.17, 15) is 18.0 Å². The molecule has 102 valence electrons. The predicted molar refractivity (Wildman–Crippen MR) is 58.6 cm³/mol. The Balaban J connectivity index is 2.48. The molecule has 0 spiro atoms. The number of hydrogen-bond donors (Lipinski definition) is 0. The smallest absolute Gasteiger partial charge is 0.306 e. The Kier molecular flexibility index (Phi) is 3.31. The van der Waals surface area contributed by atoms with E-state index in [0.29, 0.717) is 12.3 Å². The van der Waals surface area contributed by atoms with Crippen molar-refractivity contribution in [3.05, 3.63) is 39.0 Å². The molecule has 19 heavy (non-hydrogen) atoms. The zero-order valence-corrected chi connectivity index (χ0v) is 10.3. The van der Waals surface area contributed by atoms with Crippen LogP contribution >= 0.6 is 11.6 Å². The second kappa shape index (κ2) is 4.65. The van der Waals surface area contributed by atoms with Crippen LogP contribution in [0.25, 0.3) is 0 Å². The van der Waals surface area contributed by atoms with Gasteiger partial charge < -0.3 is 4.57 Å². The van der Waals surface area contributed by atoms with Gasteiger partial charge in [0, 0.05) is 13.2 Å². The third-order valence-corrected chi connectivity index (χ3v) is 2.66. The highest BCUT2D eigenvalue weighted by Gasteiger charge is 2.32. The monoisotopic (exact) mass is 293 g/mol. The number of aromatic nitrogens is 5. The number of pyridine rings is 1. The SMILES string of the molecule is Cn1nnnc1Cn1cc(C(F)(F)F)cc(Cl)c1=O. The van der Waals surface area contributed by atoms with Gasteiger partial charge in [-0.05, 0) is 16.5 Å². The quantitative estimate of drug-likeness (QED) is 0.831. The van der Waals surface area contributed by atoms with Gasteiger partial charge in [0.1, 0.15) is 5.02 Å². The number of aryl methyl sites for hydroxylation is 1. The second-order valence-electron chi connectivity index (χ2n) is 3.73. The van der Waals surface area contributed by atoms with Gasteiger partial charge in [-0.3, -0.25) is 4.79 Å². The topological polar surface area (TPSA) is 65.6 Å². The number of nitrogens with zero attached hydrogens (tertiary/aromatic N) is 5. The lowest BCUT2D eigenvalue weighted by Crippen LogP contribution is -2.24. The zero-order chi connectivity index (χ0) is 14.2. The Hall–Kier alpha value is -1.90. The van der Waals surface area contributed by atoms with Crippen LogP contribution in [0.3, 0.4) is 0 Å². The highest BCUT2D eigenvalue weighted by atomic mass is 35.5. The van der Waals surface area contributed by atoms with E-state index in [4.69, 9.17) is 11.6 Å². The highest BCUT2D eigenvalue weighted by molar-refractivity contribution is 6.30. The van der Waals surface area contributed by atoms with Crippen molar-refractivity contribution in [2.75, 3.05) is 0 Å². The predicted octanol–water partition coefficient (Wildman–Crippen LogP) is 1.09. The summed E-state index contributed by atoms with van der Waals surface area (Å²) >= 11 is 5.51. The molecule has 0 bridgehead atoms. The van der Waals surface area contributed by atoms with Crippen LogP contribution in [0.2, 0.25) is 5.02 Å². The Bertz CT molecular complexity index is 663. The molecule has 0 amide bonds. The van der Waals surface area contributed by atoms with Crippen LogP contribution < -0.4 is 5.56 Å². The average molecular weight is 294 g/mol. The lowest BCUT2D eigenvalue weighted by atomic mass is 10.2. The zero-order valence-electron chi connectivity index (χ0n) is 9.52. The molecule has 0 aliphatic heterocycles. The summed E-state index contributed by atoms with van der Waals surface area (Å²) in [4.78, 5) is 11.7. The molecule has 0 radical (unpaired) electrons. The number of alkyl halides is 3. The standard InChI is InChI=1S/C9H7ClF3N5O/c1-17-7(14-15-16-17)4-18-3-5(9(11,12)13)2-6(10)8(18)19/h2-3H,4H2,1H3. The van der Waals surface area contributed by atoms with Crippen molar-refractivity contribution >= 4 is 11.6 Å². The van der Waals surface area contributed by atoms with Gasteiger partial charge in [0.25, 0.3) is 5.56 Å². The van der Waals surface area contributed by atoms with E-state index in [2.05, 4.69) is 15.5 Å². The van der Waals surface area contributed by atoms with Gasteiger partial charge in [-0.25, -0.2) is 4.68 Å². The molecule has 0 N–H and O–H groups in total. The average Bonchev–Trinajstić information content (AvgIpc) is 2.69. The first-order valence-electron chi connectivity index (χ1n) is 4.97. The van der Waals surface area contributed by atoms with Crippen LogP contribution in [0.15, 0.2) is 17.1 Å². The fourth-order valence-electron chi connectivity index (χ4n) is 1.41. The first-order valence-corrected chi connectivity index (χ1v) is 5.35. The van der Waals surface area contributed by atoms with Gasteiger partial charge in [-0.1, -0.05) is 11.6 Å². The molecule has 2 aromatic heterocycles. The van der Waals surface area contributed by atoms with Gasteiger partial charge in [0.05, 0.1) is 12.1 Å². The Morgan fingerprint density at radius 1 is 1.42 bits per heavy atom. The fraction of sp³-hybridized carbons (Fsp3) is 0.333. The summed E-state index contributed by atoms with van der Waals surface area (Å²) in [6.07, 6.45) is -3.90. The van der Waals surface area contributed by atoms with E-state index < -0.39 is 22.3 Å². The normalized spacial score (nSPS) is 11.8. The number of halogens is 4. The van der Waals surface area contributed by atoms with E-state index >= 15 is 0 Å². The lowest BCUT2D eigenvalue weighted by molar-refractivity contribution is -0.138. The van der Waals surface area contributed by atoms with Crippen molar-refractivity contribution in [2.45, 2.75) is 12.7 Å². The Labute approximate surface area is 109 Å². The third-order valence-electron chi connectivity index (χ3n) is 2.39. The van der Waals surface area contributed by atoms with Gasteiger partial charge in [-0.2, -0.15) is 13.2 Å². The van der Waals surface area contributed by atoms with Crippen LogP contribution in [0.4, 0.5) is 13.2 Å². The molecule has 0 atom stereocenters. The van der Waals surface area contributed by atoms with Crippen LogP contribution in [0, 0.1) is 0 Å². The summed E-state index contributed by atoms with van der Waals surface area (Å²) in [5.41, 5.74) is -1.75. The van der Waals surface area contributed by atoms with E-state index in [1.165, 1.54) is 11.7 Å². The van der Waals surface area contributed by atoms with Crippen molar-refractivity contribution in [3.8, 4) is 0 Å². The molecule has 0 fully saturated rings. The molecule has 2 aromatic rings. The lowest BCUT2D eigenvalue weighted by Gasteiger charge is -2.11. The minimum absolute atomic E-state index is 0.202. The molecule has 0 aliphatic carbocycles. The molecule has 0 saturated heterocycles. The molecule has 2 rings (SSSR count). The van der Waals surface area contributed by atoms with E-state index in [1.54, 1.807) is 0 Å². The molecule has 0 aliphatic rings. The highest BCUT2D eigenvalue weighted by Crippen LogP contribution is 2.29. The molecular weight excluding hydrogens is 287 g/mol. The Morgan fingerprint density at radius 2 is 2.11 bits per heavy atom. The van der Waals surface area contributed by atoms with Crippen LogP contribution in [-0.2, 0) is 19.8 Å². The molecule has 6 nitrogen and oxygen atoms in total. The summed E-state index contributed by atoms with van der Waals surface area (Å²) in [6.45, 7) is -0.202. The molecule has 2 heterocycles. The summed E-state index contributed by atoms with van der Waals surface area (Å²) < 4.78 is 39.9. The maximum atomic E-state index is 12.6. The van der Waals surface area contributed by atoms with E-state index in [0.717, 1.165) is 4.57 Å². The summed E-state index contributed by atoms with van der Waals surface area (Å²) in [6, 6.07) is 0.593. The number of tetrazole rings is 1. The van der Waals surface area contributed by atoms with Crippen LogP contribution in [0.1, 0.15) is 11.4 Å². The largest absolute Gasteiger partial charge is 0.417 e. The first kappa shape index (κ1) is 13.5. The minimum Gasteiger partial charge on any atom is -0.306 e. The summed E-state index contributed by atoms with van der Waals surface area (Å²) in [7, 11) is 1.51. The van der Waals surface area contributed by atoms with Crippen molar-refractivity contribution in [1.82, 2.24) is 24.8 Å². The van der Waals surface area contributed by atoms with Crippen molar-refractivity contribution in [2.24, 2.45) is 7.05 Å². The van der Waals surface area contributed by atoms with Gasteiger partial charge in [0.15, 0.2) is 5.82 Å². The van der Waals surface area contributed by atoms with Crippen LogP contribution in [0.5, 0.6) is 0 Å². The van der Waals surface area contributed by atoms with Crippen molar-refractivity contribution < 1.29 is 13.2 Å². The molecule has 0 saturated carbocycles. The maximum absolute atomic E-state index is 12.6. The Morgan fingerprint density at radius 3 is 2.63 bits per heavy atom. The molecule has 0 aromatic carbocycles. The van der Waals surface area contributed by atoms with Gasteiger partial charge >= 0.3 is 6.18 Å². The fourth-order valence-corrected chi connectivity index (χ4v) is 1.63. The van der Waals surface area contributed by atoms with Crippen LogP contribution in [-0.4, -0.2) is 24.8 Å². The minimum atomic E-state index is -4.59. The maximum Gasteiger partial charge on any atom is 0.417 e. The van der Waals surface area contributed by atoms with E-state index in [-0.39, 0.29) is 12.4 Å².